The fourth-order valence-electron chi connectivity index (χ4n) is 1.76. The van der Waals surface area contributed by atoms with Crippen LogP contribution in [0.25, 0.3) is 0 Å². The number of nitrogens with one attached hydrogen (secondary N) is 1. The lowest BCUT2D eigenvalue weighted by molar-refractivity contribution is 0.151. The van der Waals surface area contributed by atoms with E-state index in [4.69, 9.17) is 16.3 Å². The molecular formula is C14H12ClF2NO3S. The minimum atomic E-state index is -3.94. The smallest absolute Gasteiger partial charge is 0.263 e. The van der Waals surface area contributed by atoms with E-state index >= 15 is 0 Å². The van der Waals surface area contributed by atoms with Gasteiger partial charge in [0.25, 0.3) is 16.4 Å². The molecule has 0 unspecified atom stereocenters. The van der Waals surface area contributed by atoms with Gasteiger partial charge < -0.3 is 4.74 Å². The molecule has 0 aliphatic carbocycles. The number of anilines is 1. The molecule has 0 amide bonds. The molecule has 0 atom stereocenters. The standard InChI is InChI=1S/C14H12ClF2NO3S/c1-21-13-7-4-10(15)8-12(13)18-22(19,20)11-5-2-9(3-6-11)14(16)17/h2-8,14,18H,1H3. The first-order chi connectivity index (χ1) is 10.3. The highest BCUT2D eigenvalue weighted by molar-refractivity contribution is 7.92. The second-order valence-corrected chi connectivity index (χ2v) is 6.44. The Balaban J connectivity index is 2.33. The second-order valence-electron chi connectivity index (χ2n) is 4.32. The first kappa shape index (κ1) is 16.5. The summed E-state index contributed by atoms with van der Waals surface area (Å²) in [4.78, 5) is -0.140. The van der Waals surface area contributed by atoms with Crippen LogP contribution in [0.15, 0.2) is 47.4 Å². The van der Waals surface area contributed by atoms with Gasteiger partial charge in [0.05, 0.1) is 17.7 Å². The van der Waals surface area contributed by atoms with E-state index in [0.29, 0.717) is 5.02 Å². The number of methoxy groups -OCH3 is 1. The molecule has 0 saturated carbocycles. The van der Waals surface area contributed by atoms with Gasteiger partial charge in [-0.2, -0.15) is 0 Å². The molecule has 0 fully saturated rings. The van der Waals surface area contributed by atoms with Crippen molar-refractivity contribution in [1.82, 2.24) is 0 Å². The molecule has 0 aliphatic rings. The van der Waals surface area contributed by atoms with Crippen molar-refractivity contribution in [2.45, 2.75) is 11.3 Å². The summed E-state index contributed by atoms with van der Waals surface area (Å²) in [6.45, 7) is 0. The highest BCUT2D eigenvalue weighted by atomic mass is 35.5. The van der Waals surface area contributed by atoms with Crippen molar-refractivity contribution in [2.24, 2.45) is 0 Å². The van der Waals surface area contributed by atoms with E-state index < -0.39 is 16.4 Å². The maximum atomic E-state index is 12.5. The van der Waals surface area contributed by atoms with Crippen LogP contribution in [0.5, 0.6) is 5.75 Å². The van der Waals surface area contributed by atoms with Crippen molar-refractivity contribution in [1.29, 1.82) is 0 Å². The molecule has 0 aromatic heterocycles. The molecule has 0 spiro atoms. The molecule has 0 bridgehead atoms. The van der Waals surface area contributed by atoms with Crippen molar-refractivity contribution in [3.05, 3.63) is 53.1 Å². The van der Waals surface area contributed by atoms with Gasteiger partial charge in [0.2, 0.25) is 0 Å². The maximum absolute atomic E-state index is 12.5. The molecular weight excluding hydrogens is 336 g/mol. The van der Waals surface area contributed by atoms with Gasteiger partial charge in [-0.25, -0.2) is 17.2 Å². The third-order valence-corrected chi connectivity index (χ3v) is 4.46. The summed E-state index contributed by atoms with van der Waals surface area (Å²) < 4.78 is 56.9. The first-order valence-corrected chi connectivity index (χ1v) is 7.94. The number of benzene rings is 2. The second kappa shape index (κ2) is 6.50. The summed E-state index contributed by atoms with van der Waals surface area (Å²) in [6, 6.07) is 8.81. The Kier molecular flexibility index (Phi) is 4.87. The molecule has 2 aromatic carbocycles. The Bertz CT molecular complexity index is 764. The number of sulfonamides is 1. The van der Waals surface area contributed by atoms with Gasteiger partial charge in [-0.1, -0.05) is 23.7 Å². The van der Waals surface area contributed by atoms with E-state index in [1.807, 2.05) is 0 Å². The zero-order valence-electron chi connectivity index (χ0n) is 11.4. The molecule has 0 saturated heterocycles. The van der Waals surface area contributed by atoms with Crippen LogP contribution in [0.4, 0.5) is 14.5 Å². The van der Waals surface area contributed by atoms with Crippen molar-refractivity contribution < 1.29 is 21.9 Å². The van der Waals surface area contributed by atoms with Crippen molar-refractivity contribution in [3.8, 4) is 5.75 Å². The van der Waals surface area contributed by atoms with E-state index in [-0.39, 0.29) is 21.9 Å². The Morgan fingerprint density at radius 3 is 2.32 bits per heavy atom. The van der Waals surface area contributed by atoms with Gasteiger partial charge in [0.15, 0.2) is 0 Å². The van der Waals surface area contributed by atoms with Crippen molar-refractivity contribution in [2.75, 3.05) is 11.8 Å². The molecule has 8 heteroatoms. The van der Waals surface area contributed by atoms with E-state index in [9.17, 15) is 17.2 Å². The van der Waals surface area contributed by atoms with Crippen molar-refractivity contribution in [3.63, 3.8) is 0 Å². The van der Waals surface area contributed by atoms with Gasteiger partial charge in [-0.15, -0.1) is 0 Å². The zero-order valence-corrected chi connectivity index (χ0v) is 13.0. The van der Waals surface area contributed by atoms with Gasteiger partial charge in [-0.3, -0.25) is 4.72 Å². The summed E-state index contributed by atoms with van der Waals surface area (Å²) in [6.07, 6.45) is -2.65. The Labute approximate surface area is 131 Å². The first-order valence-electron chi connectivity index (χ1n) is 6.08. The summed E-state index contributed by atoms with van der Waals surface area (Å²) in [5.74, 6) is 0.289. The Morgan fingerprint density at radius 2 is 1.77 bits per heavy atom. The van der Waals surface area contributed by atoms with Gasteiger partial charge in [0.1, 0.15) is 5.75 Å². The molecule has 0 aliphatic heterocycles. The molecule has 0 heterocycles. The Hall–Kier alpha value is -1.86. The van der Waals surface area contributed by atoms with E-state index in [1.54, 1.807) is 6.07 Å². The molecule has 1 N–H and O–H groups in total. The fraction of sp³-hybridized carbons (Fsp3) is 0.143. The normalized spacial score (nSPS) is 11.5. The topological polar surface area (TPSA) is 55.4 Å². The number of hydrogen-bond acceptors (Lipinski definition) is 3. The predicted molar refractivity (Wildman–Crippen MR) is 80.2 cm³/mol. The summed E-state index contributed by atoms with van der Waals surface area (Å²) >= 11 is 5.83. The Morgan fingerprint density at radius 1 is 1.14 bits per heavy atom. The number of ether oxygens (including phenoxy) is 1. The number of alkyl halides is 2. The van der Waals surface area contributed by atoms with Gasteiger partial charge in [-0.05, 0) is 30.3 Å². The van der Waals surface area contributed by atoms with Crippen LogP contribution in [0.1, 0.15) is 12.0 Å². The largest absolute Gasteiger partial charge is 0.495 e. The lowest BCUT2D eigenvalue weighted by atomic mass is 10.2. The van der Waals surface area contributed by atoms with Crippen LogP contribution >= 0.6 is 11.6 Å². The summed E-state index contributed by atoms with van der Waals surface area (Å²) in [5, 5.41) is 0.326. The average Bonchev–Trinajstić information content (AvgIpc) is 2.47. The molecule has 4 nitrogen and oxygen atoms in total. The van der Waals surface area contributed by atoms with Crippen LogP contribution in [-0.4, -0.2) is 15.5 Å². The third-order valence-electron chi connectivity index (χ3n) is 2.85. The SMILES string of the molecule is COc1ccc(Cl)cc1NS(=O)(=O)c1ccc(C(F)F)cc1. The van der Waals surface area contributed by atoms with E-state index in [1.165, 1.54) is 19.2 Å². The van der Waals surface area contributed by atoms with Crippen LogP contribution < -0.4 is 9.46 Å². The zero-order chi connectivity index (χ0) is 16.3. The summed E-state index contributed by atoms with van der Waals surface area (Å²) in [7, 11) is -2.55. The monoisotopic (exact) mass is 347 g/mol. The fourth-order valence-corrected chi connectivity index (χ4v) is 2.99. The number of halogens is 3. The summed E-state index contributed by atoms with van der Waals surface area (Å²) in [5.41, 5.74) is -0.0905. The minimum absolute atomic E-state index is 0.140. The maximum Gasteiger partial charge on any atom is 0.263 e. The minimum Gasteiger partial charge on any atom is -0.495 e. The highest BCUT2D eigenvalue weighted by Crippen LogP contribution is 2.30. The molecule has 0 radical (unpaired) electrons. The van der Waals surface area contributed by atoms with Crippen LogP contribution in [0.3, 0.4) is 0 Å². The van der Waals surface area contributed by atoms with Gasteiger partial charge >= 0.3 is 0 Å². The van der Waals surface area contributed by atoms with Crippen LogP contribution in [0, 0.1) is 0 Å². The third kappa shape index (κ3) is 3.66. The van der Waals surface area contributed by atoms with Crippen LogP contribution in [0.2, 0.25) is 5.02 Å². The molecule has 118 valence electrons. The molecule has 2 rings (SSSR count). The highest BCUT2D eigenvalue weighted by Gasteiger charge is 2.18. The number of rotatable bonds is 5. The molecule has 2 aromatic rings. The lowest BCUT2D eigenvalue weighted by Crippen LogP contribution is -2.13. The average molecular weight is 348 g/mol. The van der Waals surface area contributed by atoms with E-state index in [2.05, 4.69) is 4.72 Å². The predicted octanol–water partition coefficient (Wildman–Crippen LogP) is 4.09. The van der Waals surface area contributed by atoms with Crippen molar-refractivity contribution >= 4 is 27.3 Å². The lowest BCUT2D eigenvalue weighted by Gasteiger charge is -2.12. The number of hydrogen-bond donors (Lipinski definition) is 1. The quantitative estimate of drug-likeness (QED) is 0.886. The van der Waals surface area contributed by atoms with Crippen LogP contribution in [-0.2, 0) is 10.0 Å². The molecule has 22 heavy (non-hydrogen) atoms. The van der Waals surface area contributed by atoms with E-state index in [0.717, 1.165) is 24.3 Å². The van der Waals surface area contributed by atoms with Gasteiger partial charge in [0, 0.05) is 10.6 Å².